The van der Waals surface area contributed by atoms with Crippen molar-refractivity contribution in [1.29, 1.82) is 0 Å². The molecule has 70 valence electrons. The molecule has 14 heavy (non-hydrogen) atoms. The van der Waals surface area contributed by atoms with Crippen LogP contribution in [0.3, 0.4) is 0 Å². The first kappa shape index (κ1) is 9.36. The fourth-order valence-electron chi connectivity index (χ4n) is 0.917. The van der Waals surface area contributed by atoms with Crippen LogP contribution >= 0.6 is 24.0 Å². The fourth-order valence-corrected chi connectivity index (χ4v) is 1.89. The number of nitrogens with zero attached hydrogens (tertiary/aromatic N) is 2. The molecule has 0 aliphatic rings. The number of aromatic nitrogens is 3. The predicted octanol–water partition coefficient (Wildman–Crippen LogP) is 2.69. The lowest BCUT2D eigenvalue weighted by Gasteiger charge is -1.98. The van der Waals surface area contributed by atoms with Crippen LogP contribution in [-0.4, -0.2) is 15.0 Å². The number of hydrogen-bond acceptors (Lipinski definition) is 4. The average Bonchev–Trinajstić information content (AvgIpc) is 2.23. The Kier molecular flexibility index (Phi) is 2.90. The van der Waals surface area contributed by atoms with Gasteiger partial charge in [0, 0.05) is 18.6 Å². The molecule has 0 amide bonds. The van der Waals surface area contributed by atoms with Crippen molar-refractivity contribution >= 4 is 24.0 Å². The van der Waals surface area contributed by atoms with Gasteiger partial charge in [-0.05, 0) is 23.9 Å². The Morgan fingerprint density at radius 3 is 2.86 bits per heavy atom. The summed E-state index contributed by atoms with van der Waals surface area (Å²) in [5.74, 6) is 0. The Balaban J connectivity index is 2.28. The van der Waals surface area contributed by atoms with E-state index in [-0.39, 0.29) is 0 Å². The molecule has 1 N–H and O–H groups in total. The van der Waals surface area contributed by atoms with Crippen molar-refractivity contribution in [2.24, 2.45) is 0 Å². The zero-order chi connectivity index (χ0) is 9.80. The summed E-state index contributed by atoms with van der Waals surface area (Å²) in [4.78, 5) is 11.3. The standard InChI is InChI=1S/C9H7N3S2/c13-8-9(12-6-5-11-8)14-7-3-1-2-4-10-7/h1-6H,(H,11,13). The number of H-pyrrole nitrogens is 1. The first-order valence-corrected chi connectivity index (χ1v) is 5.21. The summed E-state index contributed by atoms with van der Waals surface area (Å²) in [6.07, 6.45) is 5.14. The second-order valence-electron chi connectivity index (χ2n) is 2.49. The van der Waals surface area contributed by atoms with E-state index in [4.69, 9.17) is 12.2 Å². The molecular weight excluding hydrogens is 214 g/mol. The van der Waals surface area contributed by atoms with Crippen LogP contribution < -0.4 is 0 Å². The van der Waals surface area contributed by atoms with E-state index in [0.717, 1.165) is 10.1 Å². The number of aromatic amines is 1. The second kappa shape index (κ2) is 4.34. The number of hydrogen-bond donors (Lipinski definition) is 1. The fraction of sp³-hybridized carbons (Fsp3) is 0. The highest BCUT2D eigenvalue weighted by atomic mass is 32.2. The van der Waals surface area contributed by atoms with Gasteiger partial charge in [-0.25, -0.2) is 9.97 Å². The number of nitrogens with one attached hydrogen (secondary N) is 1. The maximum absolute atomic E-state index is 5.08. The minimum Gasteiger partial charge on any atom is -0.349 e. The molecule has 0 saturated heterocycles. The van der Waals surface area contributed by atoms with Gasteiger partial charge in [0.25, 0.3) is 0 Å². The van der Waals surface area contributed by atoms with Crippen LogP contribution in [0.5, 0.6) is 0 Å². The van der Waals surface area contributed by atoms with Crippen LogP contribution in [-0.2, 0) is 0 Å². The maximum Gasteiger partial charge on any atom is 0.137 e. The van der Waals surface area contributed by atoms with E-state index >= 15 is 0 Å². The monoisotopic (exact) mass is 221 g/mol. The van der Waals surface area contributed by atoms with Gasteiger partial charge in [0.05, 0.1) is 0 Å². The third-order valence-electron chi connectivity index (χ3n) is 1.51. The summed E-state index contributed by atoms with van der Waals surface area (Å²) in [7, 11) is 0. The van der Waals surface area contributed by atoms with E-state index in [2.05, 4.69) is 15.0 Å². The van der Waals surface area contributed by atoms with Gasteiger partial charge in [-0.2, -0.15) is 0 Å². The lowest BCUT2D eigenvalue weighted by Crippen LogP contribution is -1.84. The lowest BCUT2D eigenvalue weighted by molar-refractivity contribution is 1.02. The van der Waals surface area contributed by atoms with Crippen LogP contribution in [0.25, 0.3) is 0 Å². The molecule has 0 radical (unpaired) electrons. The molecule has 2 rings (SSSR count). The molecule has 2 aromatic heterocycles. The molecule has 0 aromatic carbocycles. The van der Waals surface area contributed by atoms with Crippen molar-refractivity contribution < 1.29 is 0 Å². The molecule has 2 heterocycles. The van der Waals surface area contributed by atoms with Crippen LogP contribution in [0.4, 0.5) is 0 Å². The molecule has 0 saturated carbocycles. The molecule has 5 heteroatoms. The van der Waals surface area contributed by atoms with Gasteiger partial charge in [-0.15, -0.1) is 0 Å². The molecule has 0 unspecified atom stereocenters. The van der Waals surface area contributed by atoms with Crippen molar-refractivity contribution in [2.75, 3.05) is 0 Å². The van der Waals surface area contributed by atoms with Gasteiger partial charge >= 0.3 is 0 Å². The van der Waals surface area contributed by atoms with Crippen LogP contribution in [0.2, 0.25) is 0 Å². The second-order valence-corrected chi connectivity index (χ2v) is 3.91. The smallest absolute Gasteiger partial charge is 0.137 e. The van der Waals surface area contributed by atoms with Crippen molar-refractivity contribution in [3.63, 3.8) is 0 Å². The van der Waals surface area contributed by atoms with E-state index in [1.165, 1.54) is 11.8 Å². The van der Waals surface area contributed by atoms with E-state index in [9.17, 15) is 0 Å². The molecule has 0 fully saturated rings. The Labute approximate surface area is 90.6 Å². The predicted molar refractivity (Wildman–Crippen MR) is 57.8 cm³/mol. The normalized spacial score (nSPS) is 10.0. The molecule has 2 aromatic rings. The van der Waals surface area contributed by atoms with Crippen molar-refractivity contribution in [2.45, 2.75) is 10.1 Å². The molecule has 0 aliphatic heterocycles. The topological polar surface area (TPSA) is 41.6 Å². The van der Waals surface area contributed by atoms with Gasteiger partial charge in [-0.1, -0.05) is 18.3 Å². The maximum atomic E-state index is 5.08. The summed E-state index contributed by atoms with van der Waals surface area (Å²) < 4.78 is 0.642. The van der Waals surface area contributed by atoms with Crippen molar-refractivity contribution in [3.8, 4) is 0 Å². The highest BCUT2D eigenvalue weighted by Gasteiger charge is 2.00. The van der Waals surface area contributed by atoms with Gasteiger partial charge in [0.2, 0.25) is 0 Å². The molecular formula is C9H7N3S2. The quantitative estimate of drug-likeness (QED) is 0.792. The van der Waals surface area contributed by atoms with Crippen molar-refractivity contribution in [1.82, 2.24) is 15.0 Å². The van der Waals surface area contributed by atoms with Gasteiger partial charge in [0.1, 0.15) is 14.7 Å². The molecule has 0 aliphatic carbocycles. The Morgan fingerprint density at radius 2 is 2.14 bits per heavy atom. The number of pyridine rings is 1. The van der Waals surface area contributed by atoms with Crippen LogP contribution in [0.15, 0.2) is 46.8 Å². The van der Waals surface area contributed by atoms with E-state index in [1.54, 1.807) is 18.6 Å². The average molecular weight is 221 g/mol. The third-order valence-corrected chi connectivity index (χ3v) is 2.91. The van der Waals surface area contributed by atoms with E-state index in [0.29, 0.717) is 4.64 Å². The first-order chi connectivity index (χ1) is 6.86. The summed E-state index contributed by atoms with van der Waals surface area (Å²) in [5, 5.41) is 1.67. The van der Waals surface area contributed by atoms with E-state index in [1.807, 2.05) is 18.2 Å². The van der Waals surface area contributed by atoms with Gasteiger partial charge in [0.15, 0.2) is 0 Å². The molecule has 0 spiro atoms. The summed E-state index contributed by atoms with van der Waals surface area (Å²) in [5.41, 5.74) is 0. The van der Waals surface area contributed by atoms with E-state index < -0.39 is 0 Å². The summed E-state index contributed by atoms with van der Waals surface area (Å²) >= 11 is 6.54. The van der Waals surface area contributed by atoms with Crippen LogP contribution in [0.1, 0.15) is 0 Å². The minimum absolute atomic E-state index is 0.642. The summed E-state index contributed by atoms with van der Waals surface area (Å²) in [6.45, 7) is 0. The Bertz CT molecular complexity index is 467. The van der Waals surface area contributed by atoms with Gasteiger partial charge in [-0.3, -0.25) is 0 Å². The Hall–Kier alpha value is -1.20. The highest BCUT2D eigenvalue weighted by molar-refractivity contribution is 7.99. The zero-order valence-corrected chi connectivity index (χ0v) is 8.81. The highest BCUT2D eigenvalue weighted by Crippen LogP contribution is 2.23. The molecule has 0 bridgehead atoms. The van der Waals surface area contributed by atoms with Crippen molar-refractivity contribution in [3.05, 3.63) is 41.4 Å². The van der Waals surface area contributed by atoms with Gasteiger partial charge < -0.3 is 4.98 Å². The minimum atomic E-state index is 0.642. The molecule has 3 nitrogen and oxygen atoms in total. The summed E-state index contributed by atoms with van der Waals surface area (Å²) in [6, 6.07) is 5.74. The lowest BCUT2D eigenvalue weighted by atomic mass is 10.5. The first-order valence-electron chi connectivity index (χ1n) is 3.99. The SMILES string of the molecule is S=c1[nH]ccnc1Sc1ccccn1. The van der Waals surface area contributed by atoms with Crippen LogP contribution in [0, 0.1) is 4.64 Å². The Morgan fingerprint density at radius 1 is 1.21 bits per heavy atom. The number of rotatable bonds is 2. The third kappa shape index (κ3) is 2.18. The zero-order valence-electron chi connectivity index (χ0n) is 7.18. The largest absolute Gasteiger partial charge is 0.349 e. The molecule has 0 atom stereocenters.